The van der Waals surface area contributed by atoms with Crippen LogP contribution in [0.25, 0.3) is 5.69 Å². The topological polar surface area (TPSA) is 48.3 Å². The summed E-state index contributed by atoms with van der Waals surface area (Å²) in [5.74, 6) is 0. The predicted octanol–water partition coefficient (Wildman–Crippen LogP) is 1.68. The molecule has 0 aliphatic carbocycles. The largest absolute Gasteiger partial charge is 0.380 e. The number of benzene rings is 1. The van der Waals surface area contributed by atoms with Gasteiger partial charge in [0.1, 0.15) is 6.10 Å². The third kappa shape index (κ3) is 2.75. The van der Waals surface area contributed by atoms with Crippen molar-refractivity contribution in [3.63, 3.8) is 0 Å². The summed E-state index contributed by atoms with van der Waals surface area (Å²) < 4.78 is 13.1. The molecule has 0 spiro atoms. The van der Waals surface area contributed by atoms with Crippen LogP contribution in [0.2, 0.25) is 0 Å². The maximum absolute atomic E-state index is 5.81. The molecule has 2 aromatic rings. The summed E-state index contributed by atoms with van der Waals surface area (Å²) in [6.07, 6.45) is 3.76. The molecule has 2 heterocycles. The first kappa shape index (κ1) is 13.3. The van der Waals surface area contributed by atoms with Crippen LogP contribution in [0.4, 0.5) is 0 Å². The number of ether oxygens (including phenoxy) is 2. The summed E-state index contributed by atoms with van der Waals surface area (Å²) in [4.78, 5) is 4.27. The van der Waals surface area contributed by atoms with Crippen LogP contribution in [-0.4, -0.2) is 36.4 Å². The van der Waals surface area contributed by atoms with E-state index in [2.05, 4.69) is 33.1 Å². The molecule has 1 aromatic heterocycles. The number of aromatic nitrogens is 2. The van der Waals surface area contributed by atoms with Gasteiger partial charge in [-0.1, -0.05) is 12.1 Å². The molecule has 0 bridgehead atoms. The maximum Gasteiger partial charge on any atom is 0.112 e. The predicted molar refractivity (Wildman–Crippen MR) is 75.8 cm³/mol. The second-order valence-corrected chi connectivity index (χ2v) is 4.85. The highest BCUT2D eigenvalue weighted by molar-refractivity contribution is 5.37. The van der Waals surface area contributed by atoms with Crippen molar-refractivity contribution in [3.8, 4) is 5.69 Å². The number of rotatable bonds is 4. The van der Waals surface area contributed by atoms with Gasteiger partial charge in [0.2, 0.25) is 0 Å². The van der Waals surface area contributed by atoms with Crippen molar-refractivity contribution in [1.29, 1.82) is 0 Å². The maximum atomic E-state index is 5.81. The van der Waals surface area contributed by atoms with Crippen molar-refractivity contribution in [2.45, 2.75) is 12.7 Å². The standard InChI is InChI=1S/C15H19N3O2/c1-19-10-12-3-2-4-13(7-12)18-11-17-8-14(18)15-9-16-5-6-20-15/h2-4,7-8,11,15-16H,5-6,9-10H2,1H3. The number of morpholine rings is 1. The smallest absolute Gasteiger partial charge is 0.112 e. The van der Waals surface area contributed by atoms with Crippen LogP contribution in [0.1, 0.15) is 17.4 Å². The van der Waals surface area contributed by atoms with Gasteiger partial charge in [0.25, 0.3) is 0 Å². The molecule has 1 atom stereocenters. The molecule has 1 aliphatic heterocycles. The highest BCUT2D eigenvalue weighted by atomic mass is 16.5. The summed E-state index contributed by atoms with van der Waals surface area (Å²) in [7, 11) is 1.71. The fraction of sp³-hybridized carbons (Fsp3) is 0.400. The molecule has 3 rings (SSSR count). The first-order valence-corrected chi connectivity index (χ1v) is 6.81. The molecule has 5 nitrogen and oxygen atoms in total. The third-order valence-corrected chi connectivity index (χ3v) is 3.42. The Kier molecular flexibility index (Phi) is 4.11. The minimum atomic E-state index is 0.0531. The summed E-state index contributed by atoms with van der Waals surface area (Å²) in [5, 5.41) is 3.35. The van der Waals surface area contributed by atoms with Gasteiger partial charge in [0.05, 0.1) is 31.4 Å². The number of nitrogens with one attached hydrogen (secondary N) is 1. The lowest BCUT2D eigenvalue weighted by Gasteiger charge is -2.24. The average Bonchev–Trinajstić information content (AvgIpc) is 2.98. The van der Waals surface area contributed by atoms with E-state index in [1.54, 1.807) is 7.11 Å². The zero-order chi connectivity index (χ0) is 13.8. The fourth-order valence-electron chi connectivity index (χ4n) is 2.48. The monoisotopic (exact) mass is 273 g/mol. The van der Waals surface area contributed by atoms with Crippen molar-refractivity contribution in [2.75, 3.05) is 26.8 Å². The number of hydrogen-bond acceptors (Lipinski definition) is 4. The molecule has 1 aliphatic rings. The van der Waals surface area contributed by atoms with Crippen LogP contribution in [0.3, 0.4) is 0 Å². The van der Waals surface area contributed by atoms with E-state index < -0.39 is 0 Å². The lowest BCUT2D eigenvalue weighted by molar-refractivity contribution is 0.0240. The minimum absolute atomic E-state index is 0.0531. The summed E-state index contributed by atoms with van der Waals surface area (Å²) in [6.45, 7) is 3.08. The van der Waals surface area contributed by atoms with Gasteiger partial charge in [-0.2, -0.15) is 0 Å². The van der Waals surface area contributed by atoms with Crippen LogP contribution in [-0.2, 0) is 16.1 Å². The minimum Gasteiger partial charge on any atom is -0.380 e. The van der Waals surface area contributed by atoms with Gasteiger partial charge < -0.3 is 19.4 Å². The van der Waals surface area contributed by atoms with E-state index in [4.69, 9.17) is 9.47 Å². The summed E-state index contributed by atoms with van der Waals surface area (Å²) in [6, 6.07) is 8.28. The zero-order valence-corrected chi connectivity index (χ0v) is 11.6. The molecule has 106 valence electrons. The summed E-state index contributed by atoms with van der Waals surface area (Å²) >= 11 is 0. The highest BCUT2D eigenvalue weighted by Crippen LogP contribution is 2.22. The van der Waals surface area contributed by atoms with Gasteiger partial charge in [0, 0.05) is 25.9 Å². The second-order valence-electron chi connectivity index (χ2n) is 4.85. The molecular weight excluding hydrogens is 254 g/mol. The normalized spacial score (nSPS) is 19.1. The van der Waals surface area contributed by atoms with E-state index >= 15 is 0 Å². The van der Waals surface area contributed by atoms with Gasteiger partial charge >= 0.3 is 0 Å². The Morgan fingerprint density at radius 2 is 2.45 bits per heavy atom. The van der Waals surface area contributed by atoms with Crippen LogP contribution in [0.5, 0.6) is 0 Å². The first-order valence-electron chi connectivity index (χ1n) is 6.81. The molecule has 1 aromatic carbocycles. The Morgan fingerprint density at radius 1 is 1.50 bits per heavy atom. The van der Waals surface area contributed by atoms with E-state index in [1.165, 1.54) is 0 Å². The second kappa shape index (κ2) is 6.17. The molecule has 0 amide bonds. The van der Waals surface area contributed by atoms with Crippen LogP contribution in [0.15, 0.2) is 36.8 Å². The third-order valence-electron chi connectivity index (χ3n) is 3.42. The number of imidazole rings is 1. The molecule has 5 heteroatoms. The molecule has 0 saturated carbocycles. The Bertz CT molecular complexity index is 562. The Morgan fingerprint density at radius 3 is 3.25 bits per heavy atom. The molecule has 1 saturated heterocycles. The highest BCUT2D eigenvalue weighted by Gasteiger charge is 2.20. The average molecular weight is 273 g/mol. The molecule has 1 fully saturated rings. The Balaban J connectivity index is 1.90. The number of nitrogens with zero attached hydrogens (tertiary/aromatic N) is 2. The van der Waals surface area contributed by atoms with Gasteiger partial charge in [-0.15, -0.1) is 0 Å². The van der Waals surface area contributed by atoms with Gasteiger partial charge in [-0.05, 0) is 17.7 Å². The van der Waals surface area contributed by atoms with Gasteiger partial charge in [-0.25, -0.2) is 4.98 Å². The van der Waals surface area contributed by atoms with Gasteiger partial charge in [-0.3, -0.25) is 0 Å². The fourth-order valence-corrected chi connectivity index (χ4v) is 2.48. The molecule has 0 radical (unpaired) electrons. The van der Waals surface area contributed by atoms with Crippen molar-refractivity contribution in [1.82, 2.24) is 14.9 Å². The summed E-state index contributed by atoms with van der Waals surface area (Å²) in [5.41, 5.74) is 3.31. The van der Waals surface area contributed by atoms with E-state index in [9.17, 15) is 0 Å². The lowest BCUT2D eigenvalue weighted by atomic mass is 10.2. The van der Waals surface area contributed by atoms with Crippen LogP contribution in [0, 0.1) is 0 Å². The van der Waals surface area contributed by atoms with Crippen molar-refractivity contribution in [2.24, 2.45) is 0 Å². The molecular formula is C15H19N3O2. The molecule has 1 unspecified atom stereocenters. The SMILES string of the molecule is COCc1cccc(-n2cncc2C2CNCCO2)c1. The molecule has 1 N–H and O–H groups in total. The van der Waals surface area contributed by atoms with Gasteiger partial charge in [0.15, 0.2) is 0 Å². The van der Waals surface area contributed by atoms with Crippen molar-refractivity contribution in [3.05, 3.63) is 48.0 Å². The van der Waals surface area contributed by atoms with Crippen molar-refractivity contribution >= 4 is 0 Å². The lowest BCUT2D eigenvalue weighted by Crippen LogP contribution is -2.34. The first-order chi connectivity index (χ1) is 9.88. The number of hydrogen-bond donors (Lipinski definition) is 1. The zero-order valence-electron chi connectivity index (χ0n) is 11.6. The van der Waals surface area contributed by atoms with Crippen LogP contribution >= 0.6 is 0 Å². The Labute approximate surface area is 118 Å². The van der Waals surface area contributed by atoms with E-state index in [-0.39, 0.29) is 6.10 Å². The Hall–Kier alpha value is -1.69. The van der Waals surface area contributed by atoms with Crippen molar-refractivity contribution < 1.29 is 9.47 Å². The van der Waals surface area contributed by atoms with E-state index in [0.29, 0.717) is 6.61 Å². The van der Waals surface area contributed by atoms with E-state index in [1.807, 2.05) is 18.6 Å². The van der Waals surface area contributed by atoms with Crippen LogP contribution < -0.4 is 5.32 Å². The van der Waals surface area contributed by atoms with E-state index in [0.717, 1.165) is 36.6 Å². The molecule has 20 heavy (non-hydrogen) atoms. The number of methoxy groups -OCH3 is 1. The quantitative estimate of drug-likeness (QED) is 0.920.